The minimum Gasteiger partial charge on any atom is -0.314 e. The first-order chi connectivity index (χ1) is 19.2. The van der Waals surface area contributed by atoms with Gasteiger partial charge in [-0.3, -0.25) is 0 Å². The lowest BCUT2D eigenvalue weighted by Crippen LogP contribution is -2.67. The van der Waals surface area contributed by atoms with Crippen LogP contribution in [0.5, 0.6) is 0 Å². The second kappa shape index (κ2) is 22.5. The van der Waals surface area contributed by atoms with Crippen LogP contribution in [0.25, 0.3) is 0 Å². The molecular formula is C29H60N10. The Kier molecular flexibility index (Phi) is 19.7. The molecule has 0 unspecified atom stereocenters. The zero-order valence-electron chi connectivity index (χ0n) is 24.9. The predicted octanol–water partition coefficient (Wildman–Crippen LogP) is 0.333. The third kappa shape index (κ3) is 16.0. The fourth-order valence-electron chi connectivity index (χ4n) is 5.48. The van der Waals surface area contributed by atoms with E-state index in [1.807, 2.05) is 13.3 Å². The van der Waals surface area contributed by atoms with E-state index in [2.05, 4.69) is 53.6 Å². The van der Waals surface area contributed by atoms with Gasteiger partial charge in [0.1, 0.15) is 0 Å². The summed E-state index contributed by atoms with van der Waals surface area (Å²) in [5.41, 5.74) is -0.0444. The Morgan fingerprint density at radius 2 is 1.00 bits per heavy atom. The Morgan fingerprint density at radius 1 is 0.615 bits per heavy atom. The molecule has 0 aromatic carbocycles. The summed E-state index contributed by atoms with van der Waals surface area (Å²) < 4.78 is 0. The lowest BCUT2D eigenvalue weighted by atomic mass is 9.96. The van der Waals surface area contributed by atoms with Crippen molar-refractivity contribution in [3.63, 3.8) is 0 Å². The Balaban J connectivity index is 1.91. The highest BCUT2D eigenvalue weighted by Crippen LogP contribution is 2.08. The van der Waals surface area contributed by atoms with Gasteiger partial charge in [-0.2, -0.15) is 5.26 Å². The average Bonchev–Trinajstić information content (AvgIpc) is 2.94. The molecule has 0 amide bonds. The average molecular weight is 549 g/mol. The monoisotopic (exact) mass is 549 g/mol. The number of nitriles is 1. The molecule has 3 aliphatic rings. The van der Waals surface area contributed by atoms with Gasteiger partial charge in [0.25, 0.3) is 0 Å². The van der Waals surface area contributed by atoms with Gasteiger partial charge in [-0.05, 0) is 51.4 Å². The standard InChI is InChI=1S/C29H60N10/c1-31-13-9-5-3-7-11-15-39-29-25-35-19-16-32-22-28(23-33-17-20-36-26-29,24-34-18-21-37-27-29)38-14-10-6-2-4-8-12-30/h13,32-39H,2-11,14-27H2,1H3/b31-13-. The molecule has 0 saturated carbocycles. The number of nitrogens with zero attached hydrogens (tertiary/aromatic N) is 2. The minimum absolute atomic E-state index is 0.0122. The number of hydrogen-bond donors (Lipinski definition) is 8. The van der Waals surface area contributed by atoms with Crippen LogP contribution in [0.3, 0.4) is 0 Å². The first-order valence-corrected chi connectivity index (χ1v) is 15.8. The fourth-order valence-corrected chi connectivity index (χ4v) is 5.48. The number of nitrogens with one attached hydrogen (secondary N) is 8. The van der Waals surface area contributed by atoms with Crippen LogP contribution in [0, 0.1) is 11.3 Å². The first-order valence-electron chi connectivity index (χ1n) is 15.8. The Hall–Kier alpha value is -1.16. The third-order valence-electron chi connectivity index (χ3n) is 7.87. The first kappa shape index (κ1) is 34.0. The van der Waals surface area contributed by atoms with E-state index in [1.54, 1.807) is 0 Å². The van der Waals surface area contributed by atoms with Gasteiger partial charge in [-0.15, -0.1) is 0 Å². The van der Waals surface area contributed by atoms with Crippen molar-refractivity contribution in [2.45, 2.75) is 75.3 Å². The third-order valence-corrected chi connectivity index (χ3v) is 7.87. The fraction of sp³-hybridized carbons (Fsp3) is 0.931. The smallest absolute Gasteiger partial charge is 0.0621 e. The van der Waals surface area contributed by atoms with Crippen molar-refractivity contribution < 1.29 is 0 Å². The van der Waals surface area contributed by atoms with Crippen LogP contribution in [-0.2, 0) is 0 Å². The van der Waals surface area contributed by atoms with E-state index >= 15 is 0 Å². The van der Waals surface area contributed by atoms with Gasteiger partial charge < -0.3 is 47.5 Å². The molecule has 39 heavy (non-hydrogen) atoms. The van der Waals surface area contributed by atoms with Crippen molar-refractivity contribution in [2.24, 2.45) is 4.99 Å². The molecule has 3 heterocycles. The van der Waals surface area contributed by atoms with E-state index < -0.39 is 0 Å². The van der Waals surface area contributed by atoms with Crippen molar-refractivity contribution >= 4 is 6.21 Å². The van der Waals surface area contributed by atoms with Gasteiger partial charge in [0.2, 0.25) is 0 Å². The predicted molar refractivity (Wildman–Crippen MR) is 165 cm³/mol. The van der Waals surface area contributed by atoms with Gasteiger partial charge in [0.15, 0.2) is 0 Å². The molecule has 10 nitrogen and oxygen atoms in total. The maximum Gasteiger partial charge on any atom is 0.0621 e. The lowest BCUT2D eigenvalue weighted by Gasteiger charge is -2.39. The molecule has 0 aliphatic carbocycles. The minimum atomic E-state index is -0.0322. The normalized spacial score (nSPS) is 26.3. The van der Waals surface area contributed by atoms with Gasteiger partial charge in [-0.1, -0.05) is 25.7 Å². The van der Waals surface area contributed by atoms with Crippen LogP contribution in [0.1, 0.15) is 64.2 Å². The number of rotatable bonds is 15. The maximum atomic E-state index is 8.75. The SMILES string of the molecule is C/N=C\CCCCCCNC12CNCCNCC(NCCCCCCC#N)(CNCCNC1)CNCCNC2. The molecule has 0 aromatic heterocycles. The lowest BCUT2D eigenvalue weighted by molar-refractivity contribution is 0.253. The molecule has 3 saturated heterocycles. The summed E-state index contributed by atoms with van der Waals surface area (Å²) in [4.78, 5) is 4.09. The highest BCUT2D eigenvalue weighted by molar-refractivity contribution is 5.56. The second-order valence-corrected chi connectivity index (χ2v) is 11.4. The molecule has 3 rings (SSSR count). The van der Waals surface area contributed by atoms with E-state index in [1.165, 1.54) is 32.1 Å². The quantitative estimate of drug-likeness (QED) is 0.108. The van der Waals surface area contributed by atoms with Crippen LogP contribution in [0.15, 0.2) is 4.99 Å². The van der Waals surface area contributed by atoms with Gasteiger partial charge >= 0.3 is 0 Å². The molecular weight excluding hydrogens is 488 g/mol. The highest BCUT2D eigenvalue weighted by atomic mass is 15.2. The van der Waals surface area contributed by atoms with Crippen molar-refractivity contribution in [3.8, 4) is 6.07 Å². The summed E-state index contributed by atoms with van der Waals surface area (Å²) in [5, 5.41) is 39.2. The molecule has 0 atom stereocenters. The van der Waals surface area contributed by atoms with E-state index in [4.69, 9.17) is 5.26 Å². The van der Waals surface area contributed by atoms with E-state index in [0.29, 0.717) is 6.42 Å². The van der Waals surface area contributed by atoms with Crippen molar-refractivity contribution in [1.82, 2.24) is 42.5 Å². The van der Waals surface area contributed by atoms with Crippen molar-refractivity contribution in [2.75, 3.05) is 98.7 Å². The molecule has 0 spiro atoms. The number of fused-ring (bicyclic) bond motifs is 15. The Labute approximate surface area is 239 Å². The Bertz CT molecular complexity index is 607. The second-order valence-electron chi connectivity index (χ2n) is 11.4. The molecule has 8 N–H and O–H groups in total. The molecule has 0 radical (unpaired) electrons. The molecule has 3 aliphatic heterocycles. The van der Waals surface area contributed by atoms with E-state index in [-0.39, 0.29) is 11.1 Å². The van der Waals surface area contributed by atoms with Gasteiger partial charge in [0, 0.05) is 92.0 Å². The van der Waals surface area contributed by atoms with Gasteiger partial charge in [0.05, 0.1) is 17.1 Å². The van der Waals surface area contributed by atoms with Crippen LogP contribution in [-0.4, -0.2) is 116 Å². The molecule has 2 bridgehead atoms. The molecule has 0 aromatic rings. The highest BCUT2D eigenvalue weighted by Gasteiger charge is 2.31. The summed E-state index contributed by atoms with van der Waals surface area (Å²) in [5.74, 6) is 0. The zero-order chi connectivity index (χ0) is 27.7. The van der Waals surface area contributed by atoms with Gasteiger partial charge in [-0.25, -0.2) is 0 Å². The van der Waals surface area contributed by atoms with E-state index in [9.17, 15) is 0 Å². The topological polar surface area (TPSA) is 132 Å². The van der Waals surface area contributed by atoms with E-state index in [0.717, 1.165) is 117 Å². The number of hydrogen-bond acceptors (Lipinski definition) is 10. The molecule has 226 valence electrons. The van der Waals surface area contributed by atoms with Crippen LogP contribution in [0.2, 0.25) is 0 Å². The number of aliphatic imine (C=N–C) groups is 1. The summed E-state index contributed by atoms with van der Waals surface area (Å²) >= 11 is 0. The summed E-state index contributed by atoms with van der Waals surface area (Å²) in [6.07, 6.45) is 13.3. The molecule has 10 heteroatoms. The maximum absolute atomic E-state index is 8.75. The van der Waals surface area contributed by atoms with Crippen LogP contribution in [0.4, 0.5) is 0 Å². The van der Waals surface area contributed by atoms with Crippen molar-refractivity contribution in [1.29, 1.82) is 5.26 Å². The van der Waals surface area contributed by atoms with Crippen LogP contribution >= 0.6 is 0 Å². The number of unbranched alkanes of at least 4 members (excludes halogenated alkanes) is 8. The summed E-state index contributed by atoms with van der Waals surface area (Å²) in [6.45, 7) is 13.4. The van der Waals surface area contributed by atoms with Crippen molar-refractivity contribution in [3.05, 3.63) is 0 Å². The largest absolute Gasteiger partial charge is 0.314 e. The Morgan fingerprint density at radius 3 is 1.38 bits per heavy atom. The zero-order valence-corrected chi connectivity index (χ0v) is 24.9. The summed E-state index contributed by atoms with van der Waals surface area (Å²) in [7, 11) is 1.86. The summed E-state index contributed by atoms with van der Waals surface area (Å²) in [6, 6.07) is 2.25. The van der Waals surface area contributed by atoms with Crippen LogP contribution < -0.4 is 42.5 Å². The molecule has 3 fully saturated rings.